The van der Waals surface area contributed by atoms with Gasteiger partial charge in [0, 0.05) is 25.2 Å². The summed E-state index contributed by atoms with van der Waals surface area (Å²) in [6, 6.07) is 7.25. The molecule has 1 atom stereocenters. The van der Waals surface area contributed by atoms with Crippen molar-refractivity contribution in [2.45, 2.75) is 12.1 Å². The largest absolute Gasteiger partial charge is 0.497 e. The van der Waals surface area contributed by atoms with Gasteiger partial charge in [0.2, 0.25) is 0 Å². The molecule has 3 aliphatic rings. The predicted octanol–water partition coefficient (Wildman–Crippen LogP) is 0.995. The number of ether oxygens (including phenoxy) is 1. The Morgan fingerprint density at radius 1 is 1.23 bits per heavy atom. The maximum Gasteiger partial charge on any atom is 0.323 e. The van der Waals surface area contributed by atoms with E-state index in [2.05, 4.69) is 16.0 Å². The lowest BCUT2D eigenvalue weighted by Gasteiger charge is -2.29. The molecule has 4 heterocycles. The Morgan fingerprint density at radius 3 is 2.74 bits per heavy atom. The third-order valence-corrected chi connectivity index (χ3v) is 6.17. The van der Waals surface area contributed by atoms with Crippen LogP contribution >= 0.6 is 0 Å². The second-order valence-corrected chi connectivity index (χ2v) is 8.30. The van der Waals surface area contributed by atoms with Gasteiger partial charge in [-0.25, -0.2) is 9.59 Å². The fourth-order valence-electron chi connectivity index (χ4n) is 4.36. The number of methoxy groups -OCH3 is 1. The van der Waals surface area contributed by atoms with Gasteiger partial charge in [-0.1, -0.05) is 6.07 Å². The molecule has 2 saturated heterocycles. The fraction of sp³-hybridized carbons (Fsp3) is 0.261. The first kappa shape index (κ1) is 22.2. The van der Waals surface area contributed by atoms with E-state index in [1.807, 2.05) is 0 Å². The molecule has 35 heavy (non-hydrogen) atoms. The molecule has 12 heteroatoms. The molecule has 1 unspecified atom stereocenters. The number of nitrogens with zero attached hydrogens (tertiary/aromatic N) is 2. The van der Waals surface area contributed by atoms with Crippen molar-refractivity contribution in [2.75, 3.05) is 26.7 Å². The Morgan fingerprint density at radius 2 is 2.06 bits per heavy atom. The van der Waals surface area contributed by atoms with Gasteiger partial charge in [-0.3, -0.25) is 25.2 Å². The molecule has 0 spiro atoms. The highest BCUT2D eigenvalue weighted by Crippen LogP contribution is 2.33. The molecule has 0 saturated carbocycles. The summed E-state index contributed by atoms with van der Waals surface area (Å²) in [5.74, 6) is 0.0209. The minimum Gasteiger partial charge on any atom is -0.497 e. The molecule has 5 rings (SSSR count). The Kier molecular flexibility index (Phi) is 5.27. The van der Waals surface area contributed by atoms with Gasteiger partial charge in [-0.05, 0) is 42.0 Å². The van der Waals surface area contributed by atoms with Gasteiger partial charge in [0.05, 0.1) is 13.7 Å². The second kappa shape index (κ2) is 8.31. The highest BCUT2D eigenvalue weighted by molar-refractivity contribution is 6.08. The lowest BCUT2D eigenvalue weighted by atomic mass is 9.95. The Balaban J connectivity index is 1.39. The summed E-state index contributed by atoms with van der Waals surface area (Å²) < 4.78 is 11.1. The summed E-state index contributed by atoms with van der Waals surface area (Å²) in [4.78, 5) is 52.6. The number of fused-ring (bicyclic) bond motifs is 1. The van der Waals surface area contributed by atoms with Crippen molar-refractivity contribution in [3.05, 3.63) is 59.1 Å². The van der Waals surface area contributed by atoms with Crippen LogP contribution in [0.2, 0.25) is 0 Å². The Labute approximate surface area is 199 Å². The van der Waals surface area contributed by atoms with E-state index < -0.39 is 17.5 Å². The van der Waals surface area contributed by atoms with Crippen LogP contribution in [0.5, 0.6) is 5.75 Å². The summed E-state index contributed by atoms with van der Waals surface area (Å²) >= 11 is 0. The predicted molar refractivity (Wildman–Crippen MR) is 122 cm³/mol. The number of amidine groups is 1. The zero-order chi connectivity index (χ0) is 24.7. The molecule has 0 aliphatic carbocycles. The number of benzene rings is 1. The highest BCUT2D eigenvalue weighted by Gasteiger charge is 2.52. The van der Waals surface area contributed by atoms with E-state index >= 15 is 0 Å². The van der Waals surface area contributed by atoms with Crippen molar-refractivity contribution in [3.8, 4) is 5.75 Å². The SMILES string of the molecule is COc1ccc2c(c1)C(=O)N(CC1(c3ccc(/C=C\C(=N)N4CCNC4=O)o3)NC(=O)NC1=O)C2. The minimum atomic E-state index is -1.63. The molecule has 2 aromatic rings. The summed E-state index contributed by atoms with van der Waals surface area (Å²) in [5.41, 5.74) is -0.382. The van der Waals surface area contributed by atoms with E-state index in [9.17, 15) is 19.2 Å². The first-order valence-electron chi connectivity index (χ1n) is 10.8. The zero-order valence-corrected chi connectivity index (χ0v) is 18.7. The molecule has 0 bridgehead atoms. The van der Waals surface area contributed by atoms with E-state index in [1.54, 1.807) is 24.3 Å². The first-order chi connectivity index (χ1) is 16.8. The number of rotatable bonds is 6. The highest BCUT2D eigenvalue weighted by atomic mass is 16.5. The van der Waals surface area contributed by atoms with Gasteiger partial charge in [0.1, 0.15) is 23.1 Å². The fourth-order valence-corrected chi connectivity index (χ4v) is 4.36. The second-order valence-electron chi connectivity index (χ2n) is 8.30. The van der Waals surface area contributed by atoms with Crippen molar-refractivity contribution in [3.63, 3.8) is 0 Å². The lowest BCUT2D eigenvalue weighted by Crippen LogP contribution is -2.52. The van der Waals surface area contributed by atoms with Gasteiger partial charge in [0.15, 0.2) is 5.54 Å². The molecule has 6 amide bonds. The monoisotopic (exact) mass is 478 g/mol. The first-order valence-corrected chi connectivity index (χ1v) is 10.8. The van der Waals surface area contributed by atoms with Crippen LogP contribution in [0.3, 0.4) is 0 Å². The molecule has 1 aromatic carbocycles. The molecule has 180 valence electrons. The zero-order valence-electron chi connectivity index (χ0n) is 18.7. The number of urea groups is 2. The topological polar surface area (TPSA) is 157 Å². The number of imide groups is 1. The summed E-state index contributed by atoms with van der Waals surface area (Å²) in [7, 11) is 1.51. The van der Waals surface area contributed by atoms with Crippen LogP contribution in [0.15, 0.2) is 40.8 Å². The van der Waals surface area contributed by atoms with Gasteiger partial charge < -0.3 is 24.7 Å². The molecule has 0 radical (unpaired) electrons. The van der Waals surface area contributed by atoms with Crippen LogP contribution in [-0.4, -0.2) is 66.3 Å². The van der Waals surface area contributed by atoms with Crippen LogP contribution in [0.4, 0.5) is 9.59 Å². The van der Waals surface area contributed by atoms with Crippen molar-refractivity contribution >= 4 is 35.8 Å². The molecule has 4 N–H and O–H groups in total. The average molecular weight is 478 g/mol. The van der Waals surface area contributed by atoms with Crippen molar-refractivity contribution < 1.29 is 28.3 Å². The smallest absolute Gasteiger partial charge is 0.323 e. The summed E-state index contributed by atoms with van der Waals surface area (Å²) in [5, 5.41) is 15.5. The molecule has 2 fully saturated rings. The average Bonchev–Trinajstić information content (AvgIpc) is 3.60. The number of carbonyl (C=O) groups is 4. The molecule has 12 nitrogen and oxygen atoms in total. The van der Waals surface area contributed by atoms with Gasteiger partial charge in [0.25, 0.3) is 11.8 Å². The molecule has 3 aliphatic heterocycles. The minimum absolute atomic E-state index is 0.0181. The van der Waals surface area contributed by atoms with Gasteiger partial charge in [-0.2, -0.15) is 0 Å². The van der Waals surface area contributed by atoms with E-state index in [0.29, 0.717) is 30.2 Å². The summed E-state index contributed by atoms with van der Waals surface area (Å²) in [6.07, 6.45) is 2.89. The van der Waals surface area contributed by atoms with Crippen molar-refractivity contribution in [1.29, 1.82) is 5.41 Å². The van der Waals surface area contributed by atoms with E-state index in [4.69, 9.17) is 14.6 Å². The third kappa shape index (κ3) is 3.78. The number of hydrogen-bond donors (Lipinski definition) is 4. The van der Waals surface area contributed by atoms with Crippen molar-refractivity contribution in [1.82, 2.24) is 25.8 Å². The Bertz CT molecular complexity index is 1300. The maximum absolute atomic E-state index is 13.1. The van der Waals surface area contributed by atoms with Gasteiger partial charge in [-0.15, -0.1) is 0 Å². The van der Waals surface area contributed by atoms with Crippen LogP contribution in [-0.2, 0) is 16.9 Å². The lowest BCUT2D eigenvalue weighted by molar-refractivity contribution is -0.125. The number of hydrogen-bond acceptors (Lipinski definition) is 7. The maximum atomic E-state index is 13.1. The van der Waals surface area contributed by atoms with Crippen LogP contribution < -0.4 is 20.7 Å². The number of furan rings is 1. The van der Waals surface area contributed by atoms with E-state index in [0.717, 1.165) is 5.56 Å². The quantitative estimate of drug-likeness (QED) is 0.276. The van der Waals surface area contributed by atoms with Crippen LogP contribution in [0, 0.1) is 5.41 Å². The molecular formula is C23H22N6O6. The summed E-state index contributed by atoms with van der Waals surface area (Å²) in [6.45, 7) is 0.953. The number of amides is 6. The third-order valence-electron chi connectivity index (χ3n) is 6.17. The molecular weight excluding hydrogens is 456 g/mol. The number of nitrogens with one attached hydrogen (secondary N) is 4. The van der Waals surface area contributed by atoms with Crippen LogP contribution in [0.25, 0.3) is 6.08 Å². The van der Waals surface area contributed by atoms with Crippen molar-refractivity contribution in [2.24, 2.45) is 0 Å². The number of carbonyl (C=O) groups excluding carboxylic acids is 4. The standard InChI is InChI=1S/C23H22N6O6/c1-34-15-3-2-13-11-28(19(30)16(13)10-15)12-23(20(31)26-21(32)27-23)17-6-4-14(35-17)5-7-18(24)29-9-8-25-22(29)33/h2-7,10,24H,8-9,11-12H2,1H3,(H,25,33)(H2,26,27,31,32)/b7-5-,24-18?. The molecule has 1 aromatic heterocycles. The van der Waals surface area contributed by atoms with Gasteiger partial charge >= 0.3 is 12.1 Å². The van der Waals surface area contributed by atoms with Crippen LogP contribution in [0.1, 0.15) is 27.4 Å². The normalized spacial score (nSPS) is 21.4. The van der Waals surface area contributed by atoms with E-state index in [-0.39, 0.29) is 36.6 Å². The van der Waals surface area contributed by atoms with E-state index in [1.165, 1.54) is 35.1 Å². The Hall–Kier alpha value is -4.61.